The van der Waals surface area contributed by atoms with Gasteiger partial charge >= 0.3 is 0 Å². The summed E-state index contributed by atoms with van der Waals surface area (Å²) in [6.45, 7) is 5.34. The average molecular weight is 305 g/mol. The first-order valence-electron chi connectivity index (χ1n) is 7.83. The molecule has 114 valence electrons. The zero-order valence-corrected chi connectivity index (χ0v) is 13.4. The third kappa shape index (κ3) is 3.61. The van der Waals surface area contributed by atoms with E-state index in [0.717, 1.165) is 39.0 Å². The molecule has 4 heteroatoms. The molecule has 0 aromatic heterocycles. The first-order chi connectivity index (χ1) is 10.2. The second-order valence-corrected chi connectivity index (χ2v) is 7.31. The van der Waals surface area contributed by atoms with Crippen LogP contribution in [-0.2, 0) is 9.53 Å². The Morgan fingerprint density at radius 3 is 2.67 bits per heavy atom. The Morgan fingerprint density at radius 2 is 2.00 bits per heavy atom. The Morgan fingerprint density at radius 1 is 1.24 bits per heavy atom. The molecule has 1 aromatic carbocycles. The molecular weight excluding hydrogens is 282 g/mol. The van der Waals surface area contributed by atoms with Gasteiger partial charge < -0.3 is 9.64 Å². The van der Waals surface area contributed by atoms with Crippen LogP contribution in [0.25, 0.3) is 0 Å². The molecule has 0 unspecified atom stereocenters. The minimum absolute atomic E-state index is 0.116. The van der Waals surface area contributed by atoms with Crippen LogP contribution < -0.4 is 0 Å². The molecule has 3 rings (SSSR count). The van der Waals surface area contributed by atoms with Crippen molar-refractivity contribution >= 4 is 17.7 Å². The Balaban J connectivity index is 1.51. The van der Waals surface area contributed by atoms with Crippen molar-refractivity contribution in [2.45, 2.75) is 36.3 Å². The number of hydrogen-bond acceptors (Lipinski definition) is 3. The van der Waals surface area contributed by atoms with E-state index in [0.29, 0.717) is 17.8 Å². The van der Waals surface area contributed by atoms with Crippen molar-refractivity contribution in [2.75, 3.05) is 26.3 Å². The number of aryl methyl sites for hydroxylation is 1. The monoisotopic (exact) mass is 305 g/mol. The van der Waals surface area contributed by atoms with Crippen molar-refractivity contribution in [3.05, 3.63) is 29.8 Å². The summed E-state index contributed by atoms with van der Waals surface area (Å²) in [6.07, 6.45) is 3.09. The molecule has 0 saturated carbocycles. The van der Waals surface area contributed by atoms with Gasteiger partial charge in [0.05, 0.1) is 12.5 Å². The average Bonchev–Trinajstić information content (AvgIpc) is 3.04. The quantitative estimate of drug-likeness (QED) is 0.859. The van der Waals surface area contributed by atoms with Gasteiger partial charge in [0.15, 0.2) is 0 Å². The number of likely N-dealkylation sites (tertiary alicyclic amines) is 1. The predicted molar refractivity (Wildman–Crippen MR) is 85.6 cm³/mol. The van der Waals surface area contributed by atoms with Crippen LogP contribution in [0.4, 0.5) is 0 Å². The third-order valence-corrected chi connectivity index (χ3v) is 5.94. The number of carbonyl (C=O) groups is 1. The molecule has 1 amide bonds. The molecule has 2 heterocycles. The molecule has 2 fully saturated rings. The Kier molecular flexibility index (Phi) is 4.86. The SMILES string of the molecule is Cc1ccccc1SC1CCN(C(=O)[C@@H]2CCOC2)CC1. The lowest BCUT2D eigenvalue weighted by molar-refractivity contribution is -0.136. The molecule has 3 nitrogen and oxygen atoms in total. The number of ether oxygens (including phenoxy) is 1. The number of hydrogen-bond donors (Lipinski definition) is 0. The van der Waals surface area contributed by atoms with Crippen LogP contribution >= 0.6 is 11.8 Å². The fourth-order valence-electron chi connectivity index (χ4n) is 3.05. The number of nitrogens with zero attached hydrogens (tertiary/aromatic N) is 1. The molecule has 0 radical (unpaired) electrons. The van der Waals surface area contributed by atoms with Gasteiger partial charge in [0, 0.05) is 29.8 Å². The molecule has 0 bridgehead atoms. The van der Waals surface area contributed by atoms with Gasteiger partial charge in [0.25, 0.3) is 0 Å². The van der Waals surface area contributed by atoms with Crippen molar-refractivity contribution in [2.24, 2.45) is 5.92 Å². The minimum Gasteiger partial charge on any atom is -0.381 e. The maximum absolute atomic E-state index is 12.4. The number of benzene rings is 1. The highest BCUT2D eigenvalue weighted by atomic mass is 32.2. The maximum Gasteiger partial charge on any atom is 0.228 e. The van der Waals surface area contributed by atoms with Crippen molar-refractivity contribution < 1.29 is 9.53 Å². The minimum atomic E-state index is 0.116. The highest BCUT2D eigenvalue weighted by Crippen LogP contribution is 2.32. The topological polar surface area (TPSA) is 29.5 Å². The number of amides is 1. The lowest BCUT2D eigenvalue weighted by Gasteiger charge is -2.33. The van der Waals surface area contributed by atoms with Gasteiger partial charge in [-0.15, -0.1) is 11.8 Å². The van der Waals surface area contributed by atoms with Crippen LogP contribution in [0.2, 0.25) is 0 Å². The third-order valence-electron chi connectivity index (χ3n) is 4.42. The molecule has 21 heavy (non-hydrogen) atoms. The maximum atomic E-state index is 12.4. The number of rotatable bonds is 3. The van der Waals surface area contributed by atoms with E-state index in [9.17, 15) is 4.79 Å². The largest absolute Gasteiger partial charge is 0.381 e. The summed E-state index contributed by atoms with van der Waals surface area (Å²) >= 11 is 1.97. The van der Waals surface area contributed by atoms with Gasteiger partial charge in [0.2, 0.25) is 5.91 Å². The van der Waals surface area contributed by atoms with Crippen LogP contribution in [0.5, 0.6) is 0 Å². The molecule has 2 aliphatic heterocycles. The van der Waals surface area contributed by atoms with E-state index in [-0.39, 0.29) is 5.92 Å². The summed E-state index contributed by atoms with van der Waals surface area (Å²) in [4.78, 5) is 15.8. The second-order valence-electron chi connectivity index (χ2n) is 5.97. The summed E-state index contributed by atoms with van der Waals surface area (Å²) in [5, 5.41) is 0.634. The molecular formula is C17H23NO2S. The van der Waals surface area contributed by atoms with Crippen LogP contribution in [0.1, 0.15) is 24.8 Å². The Labute approximate surface area is 131 Å². The zero-order chi connectivity index (χ0) is 14.7. The second kappa shape index (κ2) is 6.84. The van der Waals surface area contributed by atoms with Crippen molar-refractivity contribution in [3.63, 3.8) is 0 Å². The van der Waals surface area contributed by atoms with E-state index in [1.54, 1.807) is 0 Å². The summed E-state index contributed by atoms with van der Waals surface area (Å²) in [5.41, 5.74) is 1.35. The lowest BCUT2D eigenvalue weighted by atomic mass is 10.0. The van der Waals surface area contributed by atoms with Gasteiger partial charge in [-0.25, -0.2) is 0 Å². The van der Waals surface area contributed by atoms with Gasteiger partial charge in [0.1, 0.15) is 0 Å². The first kappa shape index (κ1) is 14.9. The van der Waals surface area contributed by atoms with Gasteiger partial charge in [-0.05, 0) is 37.8 Å². The summed E-state index contributed by atoms with van der Waals surface area (Å²) in [6, 6.07) is 8.56. The molecule has 2 aliphatic rings. The Hall–Kier alpha value is -1.00. The fourth-order valence-corrected chi connectivity index (χ4v) is 4.27. The number of carbonyl (C=O) groups excluding carboxylic acids is 1. The van der Waals surface area contributed by atoms with Crippen LogP contribution in [0.3, 0.4) is 0 Å². The van der Waals surface area contributed by atoms with E-state index in [1.165, 1.54) is 10.5 Å². The van der Waals surface area contributed by atoms with Gasteiger partial charge in [-0.3, -0.25) is 4.79 Å². The standard InChI is InChI=1S/C17H23NO2S/c1-13-4-2-3-5-16(13)21-15-6-9-18(10-7-15)17(19)14-8-11-20-12-14/h2-5,14-15H,6-12H2,1H3/t14-/m1/s1. The molecule has 0 aliphatic carbocycles. The van der Waals surface area contributed by atoms with Crippen LogP contribution in [0.15, 0.2) is 29.2 Å². The van der Waals surface area contributed by atoms with E-state index in [1.807, 2.05) is 16.7 Å². The highest BCUT2D eigenvalue weighted by Gasteiger charge is 2.30. The molecule has 1 aromatic rings. The van der Waals surface area contributed by atoms with Crippen molar-refractivity contribution in [1.29, 1.82) is 0 Å². The lowest BCUT2D eigenvalue weighted by Crippen LogP contribution is -2.42. The summed E-state index contributed by atoms with van der Waals surface area (Å²) in [7, 11) is 0. The smallest absolute Gasteiger partial charge is 0.228 e. The molecule has 2 saturated heterocycles. The molecule has 0 spiro atoms. The summed E-state index contributed by atoms with van der Waals surface area (Å²) in [5.74, 6) is 0.428. The van der Waals surface area contributed by atoms with Gasteiger partial charge in [-0.2, -0.15) is 0 Å². The van der Waals surface area contributed by atoms with E-state index >= 15 is 0 Å². The zero-order valence-electron chi connectivity index (χ0n) is 12.6. The predicted octanol–water partition coefficient (Wildman–Crippen LogP) is 3.11. The Bertz CT molecular complexity index is 491. The van der Waals surface area contributed by atoms with E-state index in [4.69, 9.17) is 4.74 Å². The molecule has 1 atom stereocenters. The van der Waals surface area contributed by atoms with E-state index < -0.39 is 0 Å². The summed E-state index contributed by atoms with van der Waals surface area (Å²) < 4.78 is 5.33. The fraction of sp³-hybridized carbons (Fsp3) is 0.588. The van der Waals surface area contributed by atoms with Crippen molar-refractivity contribution in [1.82, 2.24) is 4.90 Å². The van der Waals surface area contributed by atoms with E-state index in [2.05, 4.69) is 31.2 Å². The normalized spacial score (nSPS) is 23.5. The van der Waals surface area contributed by atoms with Crippen LogP contribution in [0, 0.1) is 12.8 Å². The van der Waals surface area contributed by atoms with Crippen LogP contribution in [-0.4, -0.2) is 42.4 Å². The highest BCUT2D eigenvalue weighted by molar-refractivity contribution is 8.00. The first-order valence-corrected chi connectivity index (χ1v) is 8.71. The number of piperidine rings is 1. The van der Waals surface area contributed by atoms with Gasteiger partial charge in [-0.1, -0.05) is 18.2 Å². The van der Waals surface area contributed by atoms with Crippen molar-refractivity contribution in [3.8, 4) is 0 Å². The molecule has 0 N–H and O–H groups in total. The number of thioether (sulfide) groups is 1.